The maximum absolute atomic E-state index is 13.5. The molecular formula is C25H33F3N2O5. The summed E-state index contributed by atoms with van der Waals surface area (Å²) in [5.74, 6) is -2.69. The summed E-state index contributed by atoms with van der Waals surface area (Å²) in [7, 11) is 0. The molecular weight excluding hydrogens is 465 g/mol. The zero-order valence-electron chi connectivity index (χ0n) is 20.7. The molecule has 35 heavy (non-hydrogen) atoms. The van der Waals surface area contributed by atoms with Crippen molar-refractivity contribution in [1.82, 2.24) is 9.80 Å². The monoisotopic (exact) mass is 498 g/mol. The molecule has 3 rings (SSSR count). The molecule has 1 unspecified atom stereocenters. The van der Waals surface area contributed by atoms with Gasteiger partial charge in [-0.1, -0.05) is 26.3 Å². The van der Waals surface area contributed by atoms with Crippen molar-refractivity contribution in [1.29, 1.82) is 0 Å². The second-order valence-electron chi connectivity index (χ2n) is 9.49. The minimum absolute atomic E-state index is 0.0433. The number of halogens is 3. The van der Waals surface area contributed by atoms with Crippen LogP contribution in [0.25, 0.3) is 0 Å². The molecule has 1 atom stereocenters. The molecule has 0 N–H and O–H groups in total. The minimum atomic E-state index is -4.55. The first-order chi connectivity index (χ1) is 16.4. The topological polar surface area (TPSA) is 76.2 Å². The second kappa shape index (κ2) is 10.5. The molecule has 10 heteroatoms. The quantitative estimate of drug-likeness (QED) is 0.192. The van der Waals surface area contributed by atoms with Gasteiger partial charge in [0.1, 0.15) is 17.0 Å². The minimum Gasteiger partial charge on any atom is -0.493 e. The van der Waals surface area contributed by atoms with E-state index in [9.17, 15) is 27.6 Å². The van der Waals surface area contributed by atoms with Crippen molar-refractivity contribution in [2.45, 2.75) is 83.9 Å². The van der Waals surface area contributed by atoms with E-state index in [1.54, 1.807) is 18.7 Å². The number of fused-ring (bicyclic) bond motifs is 1. The van der Waals surface area contributed by atoms with E-state index in [4.69, 9.17) is 9.47 Å². The van der Waals surface area contributed by atoms with E-state index in [2.05, 4.69) is 0 Å². The van der Waals surface area contributed by atoms with E-state index in [1.807, 2.05) is 13.8 Å². The highest BCUT2D eigenvalue weighted by Gasteiger charge is 2.50. The molecule has 0 aliphatic carbocycles. The smallest absolute Gasteiger partial charge is 0.396 e. The highest BCUT2D eigenvalue weighted by Crippen LogP contribution is 2.48. The number of hydrogen-bond acceptors (Lipinski definition) is 5. The highest BCUT2D eigenvalue weighted by molar-refractivity contribution is 6.06. The van der Waals surface area contributed by atoms with Gasteiger partial charge in [0, 0.05) is 24.2 Å². The van der Waals surface area contributed by atoms with Gasteiger partial charge in [0.25, 0.3) is 5.91 Å². The van der Waals surface area contributed by atoms with Crippen molar-refractivity contribution < 1.29 is 37.0 Å². The maximum Gasteiger partial charge on any atom is 0.396 e. The summed E-state index contributed by atoms with van der Waals surface area (Å²) in [6.07, 6.45) is -2.45. The van der Waals surface area contributed by atoms with Crippen molar-refractivity contribution >= 4 is 17.9 Å². The van der Waals surface area contributed by atoms with Gasteiger partial charge in [0.2, 0.25) is 0 Å². The third-order valence-electron chi connectivity index (χ3n) is 6.49. The number of hydrogen-bond donors (Lipinski definition) is 0. The first-order valence-electron chi connectivity index (χ1n) is 12.1. The fourth-order valence-corrected chi connectivity index (χ4v) is 4.64. The third-order valence-corrected chi connectivity index (χ3v) is 6.49. The summed E-state index contributed by atoms with van der Waals surface area (Å²) in [5, 5.41) is 0. The predicted molar refractivity (Wildman–Crippen MR) is 122 cm³/mol. The highest BCUT2D eigenvalue weighted by atomic mass is 19.4. The molecule has 0 spiro atoms. The van der Waals surface area contributed by atoms with Crippen LogP contribution in [0.2, 0.25) is 0 Å². The predicted octanol–water partition coefficient (Wildman–Crippen LogP) is 5.21. The number of rotatable bonds is 10. The van der Waals surface area contributed by atoms with Gasteiger partial charge in [0.05, 0.1) is 18.9 Å². The largest absolute Gasteiger partial charge is 0.493 e. The Morgan fingerprint density at radius 2 is 1.80 bits per heavy atom. The summed E-state index contributed by atoms with van der Waals surface area (Å²) in [6, 6.07) is 2.53. The van der Waals surface area contributed by atoms with Gasteiger partial charge in [-0.3, -0.25) is 14.5 Å². The van der Waals surface area contributed by atoms with Gasteiger partial charge in [-0.25, -0.2) is 4.79 Å². The van der Waals surface area contributed by atoms with E-state index in [0.717, 1.165) is 6.42 Å². The van der Waals surface area contributed by atoms with E-state index in [0.29, 0.717) is 43.5 Å². The number of carbonyl (C=O) groups excluding carboxylic acids is 3. The maximum atomic E-state index is 13.5. The van der Waals surface area contributed by atoms with E-state index in [-0.39, 0.29) is 36.4 Å². The standard InChI is InChI=1S/C25H33F3N2O5/c1-5-9-17-19(11-10-16-18(25(26,27)28)15-20(31)35-21(16)17)34-14-8-7-13-29-22(32)24(3,4)30(12-6-2)23(29)33/h10-11,18H,5-9,12-15H2,1-4H3. The number of unbranched alkanes of at least 4 members (excludes halogenated alkanes) is 1. The number of amides is 3. The molecule has 1 saturated heterocycles. The Bertz CT molecular complexity index is 977. The van der Waals surface area contributed by atoms with Crippen LogP contribution in [0.15, 0.2) is 12.1 Å². The van der Waals surface area contributed by atoms with Crippen LogP contribution in [0.5, 0.6) is 11.5 Å². The van der Waals surface area contributed by atoms with Crippen molar-refractivity contribution in [3.63, 3.8) is 0 Å². The van der Waals surface area contributed by atoms with Gasteiger partial charge >= 0.3 is 18.2 Å². The molecule has 2 aliphatic rings. The SMILES string of the molecule is CCCc1c(OCCCCN2C(=O)N(CCC)C(C)(C)C2=O)ccc2c1OC(=O)CC2C(F)(F)F. The molecule has 1 fully saturated rings. The Balaban J connectivity index is 1.65. The zero-order valence-corrected chi connectivity index (χ0v) is 20.7. The van der Waals surface area contributed by atoms with Gasteiger partial charge in [-0.15, -0.1) is 0 Å². The summed E-state index contributed by atoms with van der Waals surface area (Å²) in [6.45, 7) is 8.33. The van der Waals surface area contributed by atoms with Gasteiger partial charge in [-0.05, 0) is 45.6 Å². The summed E-state index contributed by atoms with van der Waals surface area (Å²) in [4.78, 5) is 40.1. The van der Waals surface area contributed by atoms with E-state index < -0.39 is 30.0 Å². The zero-order chi connectivity index (χ0) is 26.0. The molecule has 1 aromatic rings. The number of urea groups is 1. The molecule has 2 heterocycles. The van der Waals surface area contributed by atoms with Crippen LogP contribution in [0, 0.1) is 0 Å². The number of alkyl halides is 3. The fourth-order valence-electron chi connectivity index (χ4n) is 4.64. The van der Waals surface area contributed by atoms with Crippen LogP contribution < -0.4 is 9.47 Å². The molecule has 0 bridgehead atoms. The van der Waals surface area contributed by atoms with Crippen LogP contribution in [0.4, 0.5) is 18.0 Å². The third kappa shape index (κ3) is 5.41. The van der Waals surface area contributed by atoms with Crippen LogP contribution in [-0.2, 0) is 16.0 Å². The van der Waals surface area contributed by atoms with Crippen molar-refractivity contribution in [3.05, 3.63) is 23.3 Å². The normalized spacial score (nSPS) is 19.7. The second-order valence-corrected chi connectivity index (χ2v) is 9.49. The van der Waals surface area contributed by atoms with Crippen LogP contribution in [0.1, 0.15) is 76.8 Å². The molecule has 0 saturated carbocycles. The molecule has 1 aromatic carbocycles. The average molecular weight is 499 g/mol. The molecule has 0 radical (unpaired) electrons. The lowest BCUT2D eigenvalue weighted by Crippen LogP contribution is -2.44. The molecule has 2 aliphatic heterocycles. The van der Waals surface area contributed by atoms with Crippen LogP contribution in [-0.4, -0.2) is 59.1 Å². The Kier molecular flexibility index (Phi) is 8.01. The van der Waals surface area contributed by atoms with Crippen molar-refractivity contribution in [3.8, 4) is 11.5 Å². The lowest BCUT2D eigenvalue weighted by Gasteiger charge is -2.28. The number of imide groups is 1. The summed E-state index contributed by atoms with van der Waals surface area (Å²) in [5.41, 5.74) is -0.458. The number of carbonyl (C=O) groups is 3. The first kappa shape index (κ1) is 26.8. The Labute approximate surface area is 203 Å². The lowest BCUT2D eigenvalue weighted by molar-refractivity contribution is -0.166. The first-order valence-corrected chi connectivity index (χ1v) is 12.1. The Morgan fingerprint density at radius 3 is 2.43 bits per heavy atom. The summed E-state index contributed by atoms with van der Waals surface area (Å²) >= 11 is 0. The average Bonchev–Trinajstić information content (AvgIpc) is 2.93. The number of esters is 1. The Morgan fingerprint density at radius 1 is 1.09 bits per heavy atom. The Hall–Kier alpha value is -2.78. The van der Waals surface area contributed by atoms with Gasteiger partial charge < -0.3 is 14.4 Å². The lowest BCUT2D eigenvalue weighted by atomic mass is 9.89. The number of nitrogens with zero attached hydrogens (tertiary/aromatic N) is 2. The van der Waals surface area contributed by atoms with E-state index >= 15 is 0 Å². The van der Waals surface area contributed by atoms with Crippen LogP contribution in [0.3, 0.4) is 0 Å². The number of ether oxygens (including phenoxy) is 2. The van der Waals surface area contributed by atoms with E-state index in [1.165, 1.54) is 17.0 Å². The molecule has 0 aromatic heterocycles. The number of benzene rings is 1. The summed E-state index contributed by atoms with van der Waals surface area (Å²) < 4.78 is 51.6. The van der Waals surface area contributed by atoms with Gasteiger partial charge in [-0.2, -0.15) is 13.2 Å². The molecule has 3 amide bonds. The van der Waals surface area contributed by atoms with Crippen molar-refractivity contribution in [2.75, 3.05) is 19.7 Å². The van der Waals surface area contributed by atoms with Crippen molar-refractivity contribution in [2.24, 2.45) is 0 Å². The fraction of sp³-hybridized carbons (Fsp3) is 0.640. The molecule has 7 nitrogen and oxygen atoms in total. The van der Waals surface area contributed by atoms with Crippen LogP contribution >= 0.6 is 0 Å². The molecule has 194 valence electrons. The van der Waals surface area contributed by atoms with Gasteiger partial charge in [0.15, 0.2) is 0 Å².